The second-order valence-corrected chi connectivity index (χ2v) is 2.83. The first-order valence-electron chi connectivity index (χ1n) is 3.77. The molecular weight excluding hydrogens is 188 g/mol. The molecule has 2 nitrogen and oxygen atoms in total. The lowest BCUT2D eigenvalue weighted by molar-refractivity contribution is 0.0550. The number of carbonyl (C=O) groups excluding carboxylic acids is 1. The molecule has 13 heavy (non-hydrogen) atoms. The van der Waals surface area contributed by atoms with Gasteiger partial charge in [-0.3, -0.25) is 0 Å². The molecule has 0 aliphatic rings. The quantitative estimate of drug-likeness (QED) is 0.549. The van der Waals surface area contributed by atoms with E-state index in [9.17, 15) is 4.79 Å². The van der Waals surface area contributed by atoms with Gasteiger partial charge in [0, 0.05) is 5.02 Å². The van der Waals surface area contributed by atoms with Crippen LogP contribution < -0.4 is 0 Å². The molecule has 0 saturated carbocycles. The van der Waals surface area contributed by atoms with Crippen LogP contribution >= 0.6 is 11.6 Å². The number of rotatable bonds is 3. The van der Waals surface area contributed by atoms with E-state index in [-0.39, 0.29) is 12.6 Å². The zero-order valence-corrected chi connectivity index (χ0v) is 7.75. The van der Waals surface area contributed by atoms with Gasteiger partial charge in [0.05, 0.1) is 5.56 Å². The molecular formula is C10H9ClO2. The van der Waals surface area contributed by atoms with Crippen LogP contribution in [0, 0.1) is 0 Å². The van der Waals surface area contributed by atoms with Gasteiger partial charge in [0.2, 0.25) is 0 Å². The van der Waals surface area contributed by atoms with Crippen molar-refractivity contribution >= 4 is 17.6 Å². The molecule has 0 aliphatic heterocycles. The SMILES string of the molecule is C=CCOC(=O)c1cccc(Cl)c1. The molecule has 0 aliphatic carbocycles. The number of hydrogen-bond acceptors (Lipinski definition) is 2. The molecule has 0 N–H and O–H groups in total. The molecule has 0 radical (unpaired) electrons. The smallest absolute Gasteiger partial charge is 0.338 e. The Morgan fingerprint density at radius 3 is 3.00 bits per heavy atom. The highest BCUT2D eigenvalue weighted by Gasteiger charge is 2.05. The van der Waals surface area contributed by atoms with E-state index in [2.05, 4.69) is 6.58 Å². The van der Waals surface area contributed by atoms with Gasteiger partial charge in [-0.1, -0.05) is 30.3 Å². The summed E-state index contributed by atoms with van der Waals surface area (Å²) in [7, 11) is 0. The van der Waals surface area contributed by atoms with E-state index < -0.39 is 0 Å². The summed E-state index contributed by atoms with van der Waals surface area (Å²) in [4.78, 5) is 11.2. The fraction of sp³-hybridized carbons (Fsp3) is 0.100. The van der Waals surface area contributed by atoms with E-state index in [0.29, 0.717) is 10.6 Å². The van der Waals surface area contributed by atoms with Crippen LogP contribution in [0.1, 0.15) is 10.4 Å². The molecule has 0 bridgehead atoms. The highest BCUT2D eigenvalue weighted by molar-refractivity contribution is 6.30. The molecule has 0 amide bonds. The molecule has 0 spiro atoms. The highest BCUT2D eigenvalue weighted by Crippen LogP contribution is 2.11. The maximum absolute atomic E-state index is 11.2. The molecule has 0 saturated heterocycles. The lowest BCUT2D eigenvalue weighted by Crippen LogP contribution is -2.04. The maximum Gasteiger partial charge on any atom is 0.338 e. The lowest BCUT2D eigenvalue weighted by atomic mass is 10.2. The standard InChI is InChI=1S/C10H9ClO2/c1-2-6-13-10(12)8-4-3-5-9(11)7-8/h2-5,7H,1,6H2. The Kier molecular flexibility index (Phi) is 3.53. The highest BCUT2D eigenvalue weighted by atomic mass is 35.5. The van der Waals surface area contributed by atoms with Gasteiger partial charge in [-0.15, -0.1) is 0 Å². The molecule has 1 rings (SSSR count). The van der Waals surface area contributed by atoms with E-state index in [1.54, 1.807) is 24.3 Å². The second-order valence-electron chi connectivity index (χ2n) is 2.40. The van der Waals surface area contributed by atoms with E-state index in [1.807, 2.05) is 0 Å². The molecule has 0 atom stereocenters. The van der Waals surface area contributed by atoms with Crippen molar-refractivity contribution in [3.63, 3.8) is 0 Å². The van der Waals surface area contributed by atoms with Gasteiger partial charge in [-0.2, -0.15) is 0 Å². The van der Waals surface area contributed by atoms with Crippen LogP contribution in [-0.2, 0) is 4.74 Å². The Hall–Kier alpha value is -1.28. The zero-order chi connectivity index (χ0) is 9.68. The van der Waals surface area contributed by atoms with Crippen molar-refractivity contribution in [2.45, 2.75) is 0 Å². The Bertz CT molecular complexity index is 320. The van der Waals surface area contributed by atoms with Crippen LogP contribution in [0.5, 0.6) is 0 Å². The van der Waals surface area contributed by atoms with Crippen LogP contribution in [0.3, 0.4) is 0 Å². The maximum atomic E-state index is 11.2. The summed E-state index contributed by atoms with van der Waals surface area (Å²) in [6, 6.07) is 6.61. The summed E-state index contributed by atoms with van der Waals surface area (Å²) in [6.45, 7) is 3.65. The van der Waals surface area contributed by atoms with E-state index in [4.69, 9.17) is 16.3 Å². The second kappa shape index (κ2) is 4.67. The molecule has 0 unspecified atom stereocenters. The minimum Gasteiger partial charge on any atom is -0.458 e. The van der Waals surface area contributed by atoms with Crippen LogP contribution in [-0.4, -0.2) is 12.6 Å². The van der Waals surface area contributed by atoms with Gasteiger partial charge < -0.3 is 4.74 Å². The van der Waals surface area contributed by atoms with Gasteiger partial charge >= 0.3 is 5.97 Å². The van der Waals surface area contributed by atoms with Crippen molar-refractivity contribution in [3.8, 4) is 0 Å². The predicted molar refractivity (Wildman–Crippen MR) is 51.9 cm³/mol. The summed E-state index contributed by atoms with van der Waals surface area (Å²) in [5.41, 5.74) is 0.453. The van der Waals surface area contributed by atoms with Crippen LogP contribution in [0.25, 0.3) is 0 Å². The molecule has 0 aromatic heterocycles. The topological polar surface area (TPSA) is 26.3 Å². The summed E-state index contributed by atoms with van der Waals surface area (Å²) in [5, 5.41) is 0.521. The van der Waals surface area contributed by atoms with Crippen molar-refractivity contribution in [2.24, 2.45) is 0 Å². The number of carbonyl (C=O) groups is 1. The third-order valence-electron chi connectivity index (χ3n) is 1.39. The fourth-order valence-electron chi connectivity index (χ4n) is 0.833. The van der Waals surface area contributed by atoms with E-state index in [1.165, 1.54) is 6.08 Å². The molecule has 1 aromatic rings. The number of benzene rings is 1. The third kappa shape index (κ3) is 2.92. The molecule has 0 fully saturated rings. The van der Waals surface area contributed by atoms with Crippen LogP contribution in [0.2, 0.25) is 5.02 Å². The monoisotopic (exact) mass is 196 g/mol. The van der Waals surface area contributed by atoms with Gasteiger partial charge in [-0.25, -0.2) is 4.79 Å². The molecule has 0 heterocycles. The van der Waals surface area contributed by atoms with Crippen molar-refractivity contribution in [1.29, 1.82) is 0 Å². The van der Waals surface area contributed by atoms with Gasteiger partial charge in [0.15, 0.2) is 0 Å². The van der Waals surface area contributed by atoms with Gasteiger partial charge in [-0.05, 0) is 18.2 Å². The minimum absolute atomic E-state index is 0.214. The minimum atomic E-state index is -0.387. The van der Waals surface area contributed by atoms with Crippen molar-refractivity contribution in [1.82, 2.24) is 0 Å². The normalized spacial score (nSPS) is 9.31. The first-order valence-corrected chi connectivity index (χ1v) is 4.15. The third-order valence-corrected chi connectivity index (χ3v) is 1.63. The molecule has 3 heteroatoms. The molecule has 1 aromatic carbocycles. The number of hydrogen-bond donors (Lipinski definition) is 0. The number of halogens is 1. The van der Waals surface area contributed by atoms with Crippen molar-refractivity contribution in [2.75, 3.05) is 6.61 Å². The average Bonchev–Trinajstić information content (AvgIpc) is 2.14. The van der Waals surface area contributed by atoms with Gasteiger partial charge in [0.1, 0.15) is 6.61 Å². The van der Waals surface area contributed by atoms with E-state index in [0.717, 1.165) is 0 Å². The van der Waals surface area contributed by atoms with Crippen molar-refractivity contribution in [3.05, 3.63) is 47.5 Å². The predicted octanol–water partition coefficient (Wildman–Crippen LogP) is 2.68. The largest absolute Gasteiger partial charge is 0.458 e. The molecule has 68 valence electrons. The van der Waals surface area contributed by atoms with Crippen LogP contribution in [0.15, 0.2) is 36.9 Å². The number of ether oxygens (including phenoxy) is 1. The average molecular weight is 197 g/mol. The summed E-state index contributed by atoms with van der Waals surface area (Å²) in [5.74, 6) is -0.387. The summed E-state index contributed by atoms with van der Waals surface area (Å²) in [6.07, 6.45) is 1.52. The Morgan fingerprint density at radius 2 is 2.38 bits per heavy atom. The van der Waals surface area contributed by atoms with Gasteiger partial charge in [0.25, 0.3) is 0 Å². The zero-order valence-electron chi connectivity index (χ0n) is 7.00. The Labute approximate surface area is 81.8 Å². The number of esters is 1. The van der Waals surface area contributed by atoms with Crippen molar-refractivity contribution < 1.29 is 9.53 Å². The Balaban J connectivity index is 2.71. The summed E-state index contributed by atoms with van der Waals surface area (Å²) < 4.78 is 4.82. The fourth-order valence-corrected chi connectivity index (χ4v) is 1.02. The summed E-state index contributed by atoms with van der Waals surface area (Å²) >= 11 is 5.70. The first-order chi connectivity index (χ1) is 6.24. The van der Waals surface area contributed by atoms with E-state index >= 15 is 0 Å². The van der Waals surface area contributed by atoms with Crippen LogP contribution in [0.4, 0.5) is 0 Å². The first kappa shape index (κ1) is 9.81. The lowest BCUT2D eigenvalue weighted by Gasteiger charge is -2.01. The Morgan fingerprint density at radius 1 is 1.62 bits per heavy atom.